The lowest BCUT2D eigenvalue weighted by molar-refractivity contribution is 0.270. The SMILES string of the molecule is CN1CCc2nn(CCO)c(N)c2C1. The summed E-state index contributed by atoms with van der Waals surface area (Å²) >= 11 is 0. The van der Waals surface area contributed by atoms with E-state index in [2.05, 4.69) is 17.0 Å². The third-order valence-corrected chi connectivity index (χ3v) is 2.65. The first-order valence-corrected chi connectivity index (χ1v) is 4.86. The van der Waals surface area contributed by atoms with E-state index < -0.39 is 0 Å². The highest BCUT2D eigenvalue weighted by Gasteiger charge is 2.20. The van der Waals surface area contributed by atoms with Gasteiger partial charge in [-0.05, 0) is 7.05 Å². The van der Waals surface area contributed by atoms with Gasteiger partial charge in [-0.15, -0.1) is 0 Å². The molecule has 5 nitrogen and oxygen atoms in total. The first kappa shape index (κ1) is 9.48. The minimum atomic E-state index is 0.0839. The lowest BCUT2D eigenvalue weighted by Crippen LogP contribution is -2.26. The highest BCUT2D eigenvalue weighted by Crippen LogP contribution is 2.22. The molecule has 1 aliphatic heterocycles. The van der Waals surface area contributed by atoms with Crippen molar-refractivity contribution < 1.29 is 5.11 Å². The molecular formula is C9H16N4O. The van der Waals surface area contributed by atoms with Gasteiger partial charge in [0.2, 0.25) is 0 Å². The number of aliphatic hydroxyl groups is 1. The maximum Gasteiger partial charge on any atom is 0.126 e. The van der Waals surface area contributed by atoms with Gasteiger partial charge >= 0.3 is 0 Å². The molecule has 0 aromatic carbocycles. The molecule has 0 radical (unpaired) electrons. The lowest BCUT2D eigenvalue weighted by atomic mass is 10.1. The number of likely N-dealkylation sites (N-methyl/N-ethyl adjacent to an activating group) is 1. The molecule has 0 saturated carbocycles. The summed E-state index contributed by atoms with van der Waals surface area (Å²) in [6, 6.07) is 0. The number of rotatable bonds is 2. The Morgan fingerprint density at radius 3 is 3.07 bits per heavy atom. The number of anilines is 1. The zero-order chi connectivity index (χ0) is 10.1. The van der Waals surface area contributed by atoms with Crippen molar-refractivity contribution in [1.29, 1.82) is 0 Å². The summed E-state index contributed by atoms with van der Waals surface area (Å²) < 4.78 is 1.70. The van der Waals surface area contributed by atoms with Crippen LogP contribution in [0.3, 0.4) is 0 Å². The minimum absolute atomic E-state index is 0.0839. The van der Waals surface area contributed by atoms with Crippen LogP contribution in [0.2, 0.25) is 0 Å². The van der Waals surface area contributed by atoms with Gasteiger partial charge in [0.05, 0.1) is 18.8 Å². The molecule has 14 heavy (non-hydrogen) atoms. The molecule has 1 aromatic heterocycles. The van der Waals surface area contributed by atoms with E-state index in [-0.39, 0.29) is 6.61 Å². The Labute approximate surface area is 83.1 Å². The zero-order valence-electron chi connectivity index (χ0n) is 8.40. The topological polar surface area (TPSA) is 67.3 Å². The largest absolute Gasteiger partial charge is 0.394 e. The van der Waals surface area contributed by atoms with E-state index in [4.69, 9.17) is 10.8 Å². The molecule has 0 aliphatic carbocycles. The molecule has 0 amide bonds. The summed E-state index contributed by atoms with van der Waals surface area (Å²) in [5, 5.41) is 13.2. The molecule has 0 unspecified atom stereocenters. The highest BCUT2D eigenvalue weighted by molar-refractivity contribution is 5.44. The molecule has 2 heterocycles. The van der Waals surface area contributed by atoms with Gasteiger partial charge in [0.15, 0.2) is 0 Å². The summed E-state index contributed by atoms with van der Waals surface area (Å²) in [5.41, 5.74) is 8.16. The Morgan fingerprint density at radius 1 is 1.57 bits per heavy atom. The number of aromatic nitrogens is 2. The van der Waals surface area contributed by atoms with Gasteiger partial charge in [-0.3, -0.25) is 0 Å². The summed E-state index contributed by atoms with van der Waals surface area (Å²) in [5.74, 6) is 0.709. The van der Waals surface area contributed by atoms with E-state index in [1.165, 1.54) is 0 Å². The van der Waals surface area contributed by atoms with E-state index in [0.29, 0.717) is 12.4 Å². The number of aliphatic hydroxyl groups excluding tert-OH is 1. The highest BCUT2D eigenvalue weighted by atomic mass is 16.3. The second-order valence-corrected chi connectivity index (χ2v) is 3.75. The fraction of sp³-hybridized carbons (Fsp3) is 0.667. The maximum atomic E-state index is 8.83. The molecule has 2 rings (SSSR count). The van der Waals surface area contributed by atoms with Gasteiger partial charge in [0, 0.05) is 25.1 Å². The van der Waals surface area contributed by atoms with Gasteiger partial charge in [0.25, 0.3) is 0 Å². The lowest BCUT2D eigenvalue weighted by Gasteiger charge is -2.21. The second kappa shape index (κ2) is 3.59. The zero-order valence-corrected chi connectivity index (χ0v) is 8.40. The van der Waals surface area contributed by atoms with E-state index in [9.17, 15) is 0 Å². The van der Waals surface area contributed by atoms with Crippen LogP contribution in [0.4, 0.5) is 5.82 Å². The first-order chi connectivity index (χ1) is 6.72. The number of nitrogens with zero attached hydrogens (tertiary/aromatic N) is 3. The third kappa shape index (κ3) is 1.49. The van der Waals surface area contributed by atoms with Crippen molar-refractivity contribution in [3.63, 3.8) is 0 Å². The summed E-state index contributed by atoms with van der Waals surface area (Å²) in [7, 11) is 2.08. The molecule has 0 spiro atoms. The van der Waals surface area contributed by atoms with Gasteiger partial charge in [0.1, 0.15) is 5.82 Å². The van der Waals surface area contributed by atoms with Crippen molar-refractivity contribution in [2.24, 2.45) is 0 Å². The number of hydrogen-bond acceptors (Lipinski definition) is 4. The molecule has 0 saturated heterocycles. The van der Waals surface area contributed by atoms with Gasteiger partial charge in [-0.2, -0.15) is 5.10 Å². The third-order valence-electron chi connectivity index (χ3n) is 2.65. The summed E-state index contributed by atoms with van der Waals surface area (Å²) in [6.45, 7) is 2.47. The first-order valence-electron chi connectivity index (χ1n) is 4.86. The van der Waals surface area contributed by atoms with Crippen LogP contribution in [-0.4, -0.2) is 40.0 Å². The molecule has 78 valence electrons. The normalized spacial score (nSPS) is 17.0. The Bertz CT molecular complexity index is 334. The quantitative estimate of drug-likeness (QED) is 0.665. The molecule has 5 heteroatoms. The van der Waals surface area contributed by atoms with Crippen LogP contribution < -0.4 is 5.73 Å². The maximum absolute atomic E-state index is 8.83. The van der Waals surface area contributed by atoms with Crippen molar-refractivity contribution in [3.05, 3.63) is 11.3 Å². The average molecular weight is 196 g/mol. The van der Waals surface area contributed by atoms with Crippen LogP contribution in [0.5, 0.6) is 0 Å². The Morgan fingerprint density at radius 2 is 2.36 bits per heavy atom. The molecule has 1 aliphatic rings. The molecule has 1 aromatic rings. The van der Waals surface area contributed by atoms with Crippen LogP contribution in [0.25, 0.3) is 0 Å². The monoisotopic (exact) mass is 196 g/mol. The van der Waals surface area contributed by atoms with Crippen molar-refractivity contribution >= 4 is 5.82 Å². The Balaban J connectivity index is 2.31. The predicted molar refractivity (Wildman–Crippen MR) is 53.8 cm³/mol. The van der Waals surface area contributed by atoms with Crippen molar-refractivity contribution in [1.82, 2.24) is 14.7 Å². The number of fused-ring (bicyclic) bond motifs is 1. The van der Waals surface area contributed by atoms with Crippen molar-refractivity contribution in [2.75, 3.05) is 25.9 Å². The predicted octanol–water partition coefficient (Wildman–Crippen LogP) is -0.555. The summed E-state index contributed by atoms with van der Waals surface area (Å²) in [6.07, 6.45) is 0.953. The van der Waals surface area contributed by atoms with E-state index in [1.807, 2.05) is 0 Å². The van der Waals surface area contributed by atoms with Gasteiger partial charge in [-0.1, -0.05) is 0 Å². The smallest absolute Gasteiger partial charge is 0.126 e. The number of hydrogen-bond donors (Lipinski definition) is 2. The minimum Gasteiger partial charge on any atom is -0.394 e. The van der Waals surface area contributed by atoms with E-state index in [0.717, 1.165) is 30.8 Å². The molecular weight excluding hydrogens is 180 g/mol. The second-order valence-electron chi connectivity index (χ2n) is 3.75. The van der Waals surface area contributed by atoms with E-state index in [1.54, 1.807) is 4.68 Å². The van der Waals surface area contributed by atoms with Crippen LogP contribution >= 0.6 is 0 Å². The van der Waals surface area contributed by atoms with Crippen LogP contribution in [0.1, 0.15) is 11.3 Å². The summed E-state index contributed by atoms with van der Waals surface area (Å²) in [4.78, 5) is 2.23. The fourth-order valence-corrected chi connectivity index (χ4v) is 1.85. The van der Waals surface area contributed by atoms with Crippen molar-refractivity contribution in [3.8, 4) is 0 Å². The van der Waals surface area contributed by atoms with Crippen LogP contribution in [0, 0.1) is 0 Å². The Hall–Kier alpha value is -1.07. The molecule has 0 atom stereocenters. The number of nitrogen functional groups attached to an aromatic ring is 1. The Kier molecular flexibility index (Phi) is 2.43. The van der Waals surface area contributed by atoms with Gasteiger partial charge < -0.3 is 15.7 Å². The van der Waals surface area contributed by atoms with E-state index >= 15 is 0 Å². The molecule has 0 bridgehead atoms. The average Bonchev–Trinajstić information content (AvgIpc) is 2.46. The molecule has 3 N–H and O–H groups in total. The van der Waals surface area contributed by atoms with Gasteiger partial charge in [-0.25, -0.2) is 4.68 Å². The van der Waals surface area contributed by atoms with Crippen molar-refractivity contribution in [2.45, 2.75) is 19.5 Å². The number of nitrogens with two attached hydrogens (primary N) is 1. The molecule has 0 fully saturated rings. The van der Waals surface area contributed by atoms with Crippen LogP contribution in [0.15, 0.2) is 0 Å². The van der Waals surface area contributed by atoms with Crippen LogP contribution in [-0.2, 0) is 19.5 Å². The standard InChI is InChI=1S/C9H16N4O/c1-12-3-2-8-7(6-12)9(10)13(11-8)4-5-14/h14H,2-6,10H2,1H3. The fourth-order valence-electron chi connectivity index (χ4n) is 1.85.